The summed E-state index contributed by atoms with van der Waals surface area (Å²) in [6.07, 6.45) is 2.25. The van der Waals surface area contributed by atoms with Crippen LogP contribution < -0.4 is 14.8 Å². The van der Waals surface area contributed by atoms with Crippen molar-refractivity contribution in [1.29, 1.82) is 0 Å². The first-order valence-electron chi connectivity index (χ1n) is 7.57. The number of benzene rings is 1. The van der Waals surface area contributed by atoms with Crippen LogP contribution in [0, 0.1) is 0 Å². The van der Waals surface area contributed by atoms with Gasteiger partial charge in [0.15, 0.2) is 11.5 Å². The third-order valence-electron chi connectivity index (χ3n) is 3.14. The number of ether oxygens (including phenoxy) is 3. The molecule has 0 fully saturated rings. The van der Waals surface area contributed by atoms with Crippen molar-refractivity contribution in [3.63, 3.8) is 0 Å². The lowest BCUT2D eigenvalue weighted by atomic mass is 10.2. The topological polar surface area (TPSA) is 39.7 Å². The molecule has 1 aliphatic heterocycles. The molecule has 118 valence electrons. The van der Waals surface area contributed by atoms with E-state index in [1.807, 2.05) is 0 Å². The molecule has 0 spiro atoms. The highest BCUT2D eigenvalue weighted by atomic mass is 79.9. The first-order chi connectivity index (χ1) is 10.2. The van der Waals surface area contributed by atoms with Crippen molar-refractivity contribution >= 4 is 15.9 Å². The van der Waals surface area contributed by atoms with Crippen LogP contribution in [-0.2, 0) is 11.3 Å². The molecule has 4 nitrogen and oxygen atoms in total. The van der Waals surface area contributed by atoms with Crippen molar-refractivity contribution in [2.45, 2.75) is 39.3 Å². The number of nitrogens with one attached hydrogen (secondary N) is 1. The molecule has 1 heterocycles. The molecule has 2 rings (SSSR count). The molecule has 0 atom stereocenters. The second kappa shape index (κ2) is 8.61. The van der Waals surface area contributed by atoms with E-state index in [9.17, 15) is 0 Å². The molecule has 0 saturated carbocycles. The number of rotatable bonds is 7. The molecule has 0 aliphatic carbocycles. The summed E-state index contributed by atoms with van der Waals surface area (Å²) in [6.45, 7) is 8.10. The SMILES string of the molecule is CC(C)OCCCNCc1cc(Br)c2c(c1)OCCCO2. The monoisotopic (exact) mass is 357 g/mol. The van der Waals surface area contributed by atoms with Crippen molar-refractivity contribution < 1.29 is 14.2 Å². The minimum absolute atomic E-state index is 0.308. The van der Waals surface area contributed by atoms with Crippen LogP contribution in [0.15, 0.2) is 16.6 Å². The van der Waals surface area contributed by atoms with E-state index in [2.05, 4.69) is 47.2 Å². The third kappa shape index (κ3) is 5.49. The van der Waals surface area contributed by atoms with Crippen molar-refractivity contribution in [1.82, 2.24) is 5.32 Å². The van der Waals surface area contributed by atoms with Crippen molar-refractivity contribution in [3.8, 4) is 11.5 Å². The van der Waals surface area contributed by atoms with Crippen LogP contribution in [0.3, 0.4) is 0 Å². The first kappa shape index (κ1) is 16.6. The van der Waals surface area contributed by atoms with E-state index in [-0.39, 0.29) is 0 Å². The highest BCUT2D eigenvalue weighted by molar-refractivity contribution is 9.10. The summed E-state index contributed by atoms with van der Waals surface area (Å²) < 4.78 is 17.9. The van der Waals surface area contributed by atoms with Gasteiger partial charge in [-0.1, -0.05) is 0 Å². The lowest BCUT2D eigenvalue weighted by molar-refractivity contribution is 0.0770. The molecule has 5 heteroatoms. The average Bonchev–Trinajstić information content (AvgIpc) is 2.68. The van der Waals surface area contributed by atoms with Crippen molar-refractivity contribution in [2.75, 3.05) is 26.4 Å². The maximum absolute atomic E-state index is 5.74. The summed E-state index contributed by atoms with van der Waals surface area (Å²) in [4.78, 5) is 0. The van der Waals surface area contributed by atoms with E-state index in [4.69, 9.17) is 14.2 Å². The van der Waals surface area contributed by atoms with Crippen LogP contribution in [0.4, 0.5) is 0 Å². The molecule has 1 N–H and O–H groups in total. The Kier molecular flexibility index (Phi) is 6.80. The molecule has 0 amide bonds. The summed E-state index contributed by atoms with van der Waals surface area (Å²) in [5, 5.41) is 3.43. The first-order valence-corrected chi connectivity index (χ1v) is 8.36. The Morgan fingerprint density at radius 1 is 1.29 bits per heavy atom. The fraction of sp³-hybridized carbons (Fsp3) is 0.625. The summed E-state index contributed by atoms with van der Waals surface area (Å²) in [6, 6.07) is 4.15. The largest absolute Gasteiger partial charge is 0.490 e. The highest BCUT2D eigenvalue weighted by Gasteiger charge is 2.15. The normalized spacial score (nSPS) is 14.3. The van der Waals surface area contributed by atoms with Gasteiger partial charge in [-0.3, -0.25) is 0 Å². The smallest absolute Gasteiger partial charge is 0.175 e. The van der Waals surface area contributed by atoms with Gasteiger partial charge in [0.25, 0.3) is 0 Å². The molecule has 0 saturated heterocycles. The fourth-order valence-corrected chi connectivity index (χ4v) is 2.74. The molecule has 0 radical (unpaired) electrons. The number of halogens is 1. The number of hydrogen-bond donors (Lipinski definition) is 1. The second-order valence-electron chi connectivity index (χ2n) is 5.41. The minimum atomic E-state index is 0.308. The molecule has 21 heavy (non-hydrogen) atoms. The standard InChI is InChI=1S/C16H24BrNO3/c1-12(2)19-6-3-5-18-11-13-9-14(17)16-15(10-13)20-7-4-8-21-16/h9-10,12,18H,3-8,11H2,1-2H3. The zero-order valence-corrected chi connectivity index (χ0v) is 14.4. The van der Waals surface area contributed by atoms with E-state index in [0.29, 0.717) is 19.3 Å². The summed E-state index contributed by atoms with van der Waals surface area (Å²) in [5.74, 6) is 1.66. The van der Waals surface area contributed by atoms with E-state index < -0.39 is 0 Å². The van der Waals surface area contributed by atoms with Gasteiger partial charge in [-0.25, -0.2) is 0 Å². The number of fused-ring (bicyclic) bond motifs is 1. The Morgan fingerprint density at radius 2 is 2.10 bits per heavy atom. The minimum Gasteiger partial charge on any atom is -0.490 e. The molecular formula is C16H24BrNO3. The average molecular weight is 358 g/mol. The third-order valence-corrected chi connectivity index (χ3v) is 3.73. The van der Waals surface area contributed by atoms with Gasteiger partial charge < -0.3 is 19.5 Å². The predicted molar refractivity (Wildman–Crippen MR) is 87.2 cm³/mol. The zero-order chi connectivity index (χ0) is 15.1. The molecule has 1 aromatic rings. The maximum atomic E-state index is 5.74. The van der Waals surface area contributed by atoms with Crippen LogP contribution in [0.5, 0.6) is 11.5 Å². The summed E-state index contributed by atoms with van der Waals surface area (Å²) in [5.41, 5.74) is 1.19. The van der Waals surface area contributed by atoms with Crippen LogP contribution in [-0.4, -0.2) is 32.5 Å². The van der Waals surface area contributed by atoms with E-state index >= 15 is 0 Å². The molecule has 0 bridgehead atoms. The second-order valence-corrected chi connectivity index (χ2v) is 6.26. The van der Waals surface area contributed by atoms with Gasteiger partial charge in [0, 0.05) is 19.6 Å². The van der Waals surface area contributed by atoms with Crippen LogP contribution >= 0.6 is 15.9 Å². The fourth-order valence-electron chi connectivity index (χ4n) is 2.14. The Bertz CT molecular complexity index is 451. The van der Waals surface area contributed by atoms with Crippen LogP contribution in [0.1, 0.15) is 32.3 Å². The molecule has 0 aromatic heterocycles. The zero-order valence-electron chi connectivity index (χ0n) is 12.8. The van der Waals surface area contributed by atoms with Crippen molar-refractivity contribution in [2.24, 2.45) is 0 Å². The van der Waals surface area contributed by atoms with Crippen LogP contribution in [0.25, 0.3) is 0 Å². The van der Waals surface area contributed by atoms with Gasteiger partial charge in [0.05, 0.1) is 23.8 Å². The Morgan fingerprint density at radius 3 is 2.90 bits per heavy atom. The van der Waals surface area contributed by atoms with E-state index in [1.165, 1.54) is 5.56 Å². The Labute approximate surface area is 135 Å². The summed E-state index contributed by atoms with van der Waals surface area (Å²) >= 11 is 3.56. The van der Waals surface area contributed by atoms with E-state index in [0.717, 1.165) is 48.5 Å². The van der Waals surface area contributed by atoms with Gasteiger partial charge >= 0.3 is 0 Å². The lowest BCUT2D eigenvalue weighted by Crippen LogP contribution is -2.17. The molecule has 0 unspecified atom stereocenters. The maximum Gasteiger partial charge on any atom is 0.175 e. The molecule has 1 aliphatic rings. The Balaban J connectivity index is 1.81. The Hall–Kier alpha value is -0.780. The van der Waals surface area contributed by atoms with Crippen LogP contribution in [0.2, 0.25) is 0 Å². The van der Waals surface area contributed by atoms with Crippen molar-refractivity contribution in [3.05, 3.63) is 22.2 Å². The highest BCUT2D eigenvalue weighted by Crippen LogP contribution is 2.38. The summed E-state index contributed by atoms with van der Waals surface area (Å²) in [7, 11) is 0. The predicted octanol–water partition coefficient (Wildman–Crippen LogP) is 3.52. The van der Waals surface area contributed by atoms with Gasteiger partial charge in [0.2, 0.25) is 0 Å². The molecule has 1 aromatic carbocycles. The van der Waals surface area contributed by atoms with Gasteiger partial charge in [-0.15, -0.1) is 0 Å². The van der Waals surface area contributed by atoms with E-state index in [1.54, 1.807) is 0 Å². The lowest BCUT2D eigenvalue weighted by Gasteiger charge is -2.12. The number of hydrogen-bond acceptors (Lipinski definition) is 4. The van der Waals surface area contributed by atoms with Gasteiger partial charge in [-0.2, -0.15) is 0 Å². The molecular weight excluding hydrogens is 334 g/mol. The quantitative estimate of drug-likeness (QED) is 0.758. The van der Waals surface area contributed by atoms with Gasteiger partial charge in [-0.05, 0) is 60.4 Å². The van der Waals surface area contributed by atoms with Gasteiger partial charge in [0.1, 0.15) is 0 Å².